The Morgan fingerprint density at radius 3 is 2.37 bits per heavy atom. The Morgan fingerprint density at radius 2 is 1.74 bits per heavy atom. The van der Waals surface area contributed by atoms with Crippen molar-refractivity contribution in [2.24, 2.45) is 10.9 Å². The van der Waals surface area contributed by atoms with Gasteiger partial charge in [0.25, 0.3) is 5.91 Å². The van der Waals surface area contributed by atoms with E-state index in [1.54, 1.807) is 12.1 Å². The molecule has 27 heavy (non-hydrogen) atoms. The number of halogens is 1. The van der Waals surface area contributed by atoms with Crippen LogP contribution in [0.3, 0.4) is 0 Å². The highest BCUT2D eigenvalue weighted by molar-refractivity contribution is 6.32. The number of nitrogens with zero attached hydrogens (tertiary/aromatic N) is 3. The van der Waals surface area contributed by atoms with Gasteiger partial charge in [-0.2, -0.15) is 0 Å². The van der Waals surface area contributed by atoms with Crippen LogP contribution < -0.4 is 15.1 Å². The predicted molar refractivity (Wildman–Crippen MR) is 99.8 cm³/mol. The Balaban J connectivity index is 1.86. The number of hydrogen-bond donors (Lipinski definition) is 1. The average molecular weight is 368 g/mol. The molecule has 8 heteroatoms. The van der Waals surface area contributed by atoms with Gasteiger partial charge in [-0.3, -0.25) is 19.9 Å². The standard InChI is InChI=1S/C19H17FN4O3/c1-23(2)13-9-7-12(8-10-13)21-11-14-17(25)22-19(27)24(18(14)26)16-6-4-3-5-15(16)20/h3-11,14H,1-2H3,(H,22,25,27)/t14-/m1/s1. The highest BCUT2D eigenvalue weighted by Gasteiger charge is 2.41. The first-order chi connectivity index (χ1) is 12.9. The van der Waals surface area contributed by atoms with E-state index in [-0.39, 0.29) is 5.69 Å². The van der Waals surface area contributed by atoms with Crippen LogP contribution in [0.2, 0.25) is 0 Å². The molecular weight excluding hydrogens is 351 g/mol. The average Bonchev–Trinajstić information content (AvgIpc) is 2.63. The number of para-hydroxylation sites is 1. The number of imide groups is 2. The fourth-order valence-corrected chi connectivity index (χ4v) is 2.58. The number of urea groups is 1. The molecule has 4 amide bonds. The number of benzene rings is 2. The van der Waals surface area contributed by atoms with Gasteiger partial charge < -0.3 is 4.90 Å². The van der Waals surface area contributed by atoms with Crippen molar-refractivity contribution in [2.75, 3.05) is 23.9 Å². The maximum atomic E-state index is 14.0. The summed E-state index contributed by atoms with van der Waals surface area (Å²) in [6, 6.07) is 11.5. The molecule has 3 rings (SSSR count). The van der Waals surface area contributed by atoms with Gasteiger partial charge in [-0.15, -0.1) is 0 Å². The number of amides is 4. The zero-order valence-electron chi connectivity index (χ0n) is 14.7. The van der Waals surface area contributed by atoms with Gasteiger partial charge in [0.2, 0.25) is 5.91 Å². The fraction of sp³-hybridized carbons (Fsp3) is 0.158. The monoisotopic (exact) mass is 368 g/mol. The molecule has 1 N–H and O–H groups in total. The highest BCUT2D eigenvalue weighted by atomic mass is 19.1. The molecule has 0 aromatic heterocycles. The Bertz CT molecular complexity index is 925. The van der Waals surface area contributed by atoms with Crippen molar-refractivity contribution in [3.8, 4) is 0 Å². The van der Waals surface area contributed by atoms with Gasteiger partial charge in [0.15, 0.2) is 5.92 Å². The number of nitrogens with one attached hydrogen (secondary N) is 1. The zero-order chi connectivity index (χ0) is 19.6. The van der Waals surface area contributed by atoms with Crippen LogP contribution >= 0.6 is 0 Å². The van der Waals surface area contributed by atoms with E-state index in [0.717, 1.165) is 18.0 Å². The molecule has 2 aromatic carbocycles. The van der Waals surface area contributed by atoms with E-state index in [0.29, 0.717) is 10.6 Å². The summed E-state index contributed by atoms with van der Waals surface area (Å²) in [7, 11) is 3.80. The number of barbiturate groups is 1. The molecule has 0 spiro atoms. The van der Waals surface area contributed by atoms with Crippen molar-refractivity contribution >= 4 is 41.1 Å². The summed E-state index contributed by atoms with van der Waals surface area (Å²) in [4.78, 5) is 43.4. The van der Waals surface area contributed by atoms with Crippen molar-refractivity contribution in [2.45, 2.75) is 0 Å². The van der Waals surface area contributed by atoms with Gasteiger partial charge in [-0.25, -0.2) is 14.1 Å². The number of hydrogen-bond acceptors (Lipinski definition) is 5. The molecule has 1 atom stereocenters. The van der Waals surface area contributed by atoms with E-state index in [2.05, 4.69) is 10.3 Å². The lowest BCUT2D eigenvalue weighted by molar-refractivity contribution is -0.131. The van der Waals surface area contributed by atoms with E-state index < -0.39 is 29.6 Å². The molecule has 0 bridgehead atoms. The van der Waals surface area contributed by atoms with Crippen LogP contribution in [0.15, 0.2) is 53.5 Å². The van der Waals surface area contributed by atoms with Gasteiger partial charge in [0.1, 0.15) is 5.82 Å². The molecule has 0 aliphatic carbocycles. The molecule has 7 nitrogen and oxygen atoms in total. The van der Waals surface area contributed by atoms with E-state index in [1.807, 2.05) is 31.1 Å². The van der Waals surface area contributed by atoms with E-state index in [4.69, 9.17) is 0 Å². The van der Waals surface area contributed by atoms with Crippen molar-refractivity contribution in [3.63, 3.8) is 0 Å². The second kappa shape index (κ2) is 7.36. The van der Waals surface area contributed by atoms with Crippen molar-refractivity contribution in [1.82, 2.24) is 5.32 Å². The first kappa shape index (κ1) is 18.2. The SMILES string of the molecule is CN(C)c1ccc(N=C[C@@H]2C(=O)NC(=O)N(c3ccccc3F)C2=O)cc1. The summed E-state index contributed by atoms with van der Waals surface area (Å²) in [5, 5.41) is 2.06. The molecule has 0 unspecified atom stereocenters. The third kappa shape index (κ3) is 3.69. The Labute approximate surface area is 155 Å². The van der Waals surface area contributed by atoms with E-state index >= 15 is 0 Å². The number of carbonyl (C=O) groups excluding carboxylic acids is 3. The van der Waals surface area contributed by atoms with Crippen LogP contribution in [0.5, 0.6) is 0 Å². The maximum absolute atomic E-state index is 14.0. The van der Waals surface area contributed by atoms with Gasteiger partial charge in [0, 0.05) is 26.0 Å². The Morgan fingerprint density at radius 1 is 1.07 bits per heavy atom. The van der Waals surface area contributed by atoms with Gasteiger partial charge in [-0.05, 0) is 36.4 Å². The third-order valence-corrected chi connectivity index (χ3v) is 4.03. The number of rotatable bonds is 4. The van der Waals surface area contributed by atoms with E-state index in [1.165, 1.54) is 18.2 Å². The minimum Gasteiger partial charge on any atom is -0.378 e. The lowest BCUT2D eigenvalue weighted by Crippen LogP contribution is -2.58. The van der Waals surface area contributed by atoms with E-state index in [9.17, 15) is 18.8 Å². The smallest absolute Gasteiger partial charge is 0.335 e. The number of carbonyl (C=O) groups is 3. The second-order valence-corrected chi connectivity index (χ2v) is 6.09. The zero-order valence-corrected chi connectivity index (χ0v) is 14.7. The molecule has 1 fully saturated rings. The number of aliphatic imine (C=N–C) groups is 1. The van der Waals surface area contributed by atoms with Crippen LogP contribution in [0, 0.1) is 11.7 Å². The fourth-order valence-electron chi connectivity index (χ4n) is 2.58. The third-order valence-electron chi connectivity index (χ3n) is 4.03. The summed E-state index contributed by atoms with van der Waals surface area (Å²) in [5.74, 6) is -3.74. The predicted octanol–water partition coefficient (Wildman–Crippen LogP) is 2.49. The first-order valence-electron chi connectivity index (χ1n) is 8.13. The molecule has 1 saturated heterocycles. The largest absolute Gasteiger partial charge is 0.378 e. The summed E-state index contributed by atoms with van der Waals surface area (Å²) in [6.07, 6.45) is 1.16. The Kier molecular flexibility index (Phi) is 4.98. The summed E-state index contributed by atoms with van der Waals surface area (Å²) < 4.78 is 14.0. The summed E-state index contributed by atoms with van der Waals surface area (Å²) in [5.41, 5.74) is 1.29. The molecular formula is C19H17FN4O3. The lowest BCUT2D eigenvalue weighted by atomic mass is 10.1. The molecule has 0 radical (unpaired) electrons. The Hall–Kier alpha value is -3.55. The first-order valence-corrected chi connectivity index (χ1v) is 8.13. The maximum Gasteiger partial charge on any atom is 0.335 e. The topological polar surface area (TPSA) is 82.1 Å². The van der Waals surface area contributed by atoms with Gasteiger partial charge in [-0.1, -0.05) is 12.1 Å². The van der Waals surface area contributed by atoms with Gasteiger partial charge in [0.05, 0.1) is 11.4 Å². The minimum absolute atomic E-state index is 0.221. The molecule has 1 heterocycles. The molecule has 2 aromatic rings. The summed E-state index contributed by atoms with van der Waals surface area (Å²) in [6.45, 7) is 0. The second-order valence-electron chi connectivity index (χ2n) is 6.09. The normalized spacial score (nSPS) is 17.4. The van der Waals surface area contributed by atoms with Crippen LogP contribution in [0.4, 0.5) is 26.2 Å². The van der Waals surface area contributed by atoms with Crippen molar-refractivity contribution in [1.29, 1.82) is 0 Å². The van der Waals surface area contributed by atoms with Crippen LogP contribution in [-0.2, 0) is 9.59 Å². The number of anilines is 2. The van der Waals surface area contributed by atoms with Crippen molar-refractivity contribution in [3.05, 3.63) is 54.3 Å². The van der Waals surface area contributed by atoms with Crippen LogP contribution in [0.25, 0.3) is 0 Å². The molecule has 0 saturated carbocycles. The lowest BCUT2D eigenvalue weighted by Gasteiger charge is -2.28. The molecule has 1 aliphatic rings. The highest BCUT2D eigenvalue weighted by Crippen LogP contribution is 2.24. The quantitative estimate of drug-likeness (QED) is 0.664. The summed E-state index contributed by atoms with van der Waals surface area (Å²) >= 11 is 0. The van der Waals surface area contributed by atoms with Crippen LogP contribution in [-0.4, -0.2) is 38.2 Å². The van der Waals surface area contributed by atoms with Gasteiger partial charge >= 0.3 is 6.03 Å². The van der Waals surface area contributed by atoms with Crippen LogP contribution in [0.1, 0.15) is 0 Å². The minimum atomic E-state index is -1.34. The molecule has 138 valence electrons. The van der Waals surface area contributed by atoms with Crippen molar-refractivity contribution < 1.29 is 18.8 Å². The molecule has 1 aliphatic heterocycles.